The molecule has 1 aromatic heterocycles. The highest BCUT2D eigenvalue weighted by atomic mass is 32.2. The maximum Gasteiger partial charge on any atom is 0.233 e. The fourth-order valence-corrected chi connectivity index (χ4v) is 4.59. The first kappa shape index (κ1) is 19.5. The van der Waals surface area contributed by atoms with Gasteiger partial charge in [0.25, 0.3) is 0 Å². The van der Waals surface area contributed by atoms with Crippen molar-refractivity contribution in [3.63, 3.8) is 0 Å². The lowest BCUT2D eigenvalue weighted by Crippen LogP contribution is -2.22. The Morgan fingerprint density at radius 2 is 2.07 bits per heavy atom. The first-order valence-electron chi connectivity index (χ1n) is 9.02. The molecule has 1 aromatic carbocycles. The van der Waals surface area contributed by atoms with E-state index in [4.69, 9.17) is 4.74 Å². The molecule has 2 aliphatic rings. The second-order valence-corrected chi connectivity index (χ2v) is 8.81. The van der Waals surface area contributed by atoms with Gasteiger partial charge in [-0.15, -0.1) is 0 Å². The molecule has 0 bridgehead atoms. The van der Waals surface area contributed by atoms with E-state index in [0.717, 1.165) is 30.0 Å². The van der Waals surface area contributed by atoms with Gasteiger partial charge in [-0.3, -0.25) is 9.71 Å². The fourth-order valence-electron chi connectivity index (χ4n) is 3.06. The van der Waals surface area contributed by atoms with Crippen LogP contribution in [-0.4, -0.2) is 32.8 Å². The van der Waals surface area contributed by atoms with Crippen molar-refractivity contribution in [1.29, 1.82) is 0 Å². The Balaban J connectivity index is 1.56. The SMILES string of the molecule is COc1cncc(C2CN(c3c(F)ccc(NS(=O)(=O)CC4CC4)c3F)N=N2)c1. The third kappa shape index (κ3) is 4.29. The zero-order valence-corrected chi connectivity index (χ0v) is 16.4. The lowest BCUT2D eigenvalue weighted by Gasteiger charge is -2.18. The van der Waals surface area contributed by atoms with Crippen LogP contribution in [0.5, 0.6) is 5.75 Å². The molecule has 1 aliphatic carbocycles. The number of methoxy groups -OCH3 is 1. The van der Waals surface area contributed by atoms with Gasteiger partial charge in [0, 0.05) is 11.8 Å². The standard InChI is InChI=1S/C18H19F2N5O3S/c1-28-13-6-12(7-21-8-13)16-9-25(24-22-16)18-14(19)4-5-15(17(18)20)23-29(26,27)10-11-2-3-11/h4-8,11,16,23H,2-3,9-10H2,1H3. The van der Waals surface area contributed by atoms with E-state index in [0.29, 0.717) is 11.3 Å². The Morgan fingerprint density at radius 1 is 1.28 bits per heavy atom. The van der Waals surface area contributed by atoms with Gasteiger partial charge in [-0.25, -0.2) is 22.2 Å². The highest BCUT2D eigenvalue weighted by molar-refractivity contribution is 7.92. The van der Waals surface area contributed by atoms with Crippen molar-refractivity contribution < 1.29 is 21.9 Å². The smallest absolute Gasteiger partial charge is 0.233 e. The first-order valence-corrected chi connectivity index (χ1v) is 10.7. The minimum absolute atomic E-state index is 0.0704. The summed E-state index contributed by atoms with van der Waals surface area (Å²) in [6.45, 7) is 0.0704. The molecule has 1 saturated carbocycles. The van der Waals surface area contributed by atoms with Gasteiger partial charge >= 0.3 is 0 Å². The quantitative estimate of drug-likeness (QED) is 0.736. The number of ether oxygens (including phenoxy) is 1. The molecule has 2 heterocycles. The Bertz CT molecular complexity index is 1060. The van der Waals surface area contributed by atoms with E-state index in [1.807, 2.05) is 0 Å². The Morgan fingerprint density at radius 3 is 2.79 bits per heavy atom. The third-order valence-corrected chi connectivity index (χ3v) is 6.18. The summed E-state index contributed by atoms with van der Waals surface area (Å²) in [5.74, 6) is -1.35. The second-order valence-electron chi connectivity index (χ2n) is 7.05. The molecular weight excluding hydrogens is 404 g/mol. The number of aromatic nitrogens is 1. The number of benzene rings is 1. The van der Waals surface area contributed by atoms with Crippen molar-refractivity contribution in [2.75, 3.05) is 29.1 Å². The summed E-state index contributed by atoms with van der Waals surface area (Å²) in [4.78, 5) is 4.05. The predicted molar refractivity (Wildman–Crippen MR) is 102 cm³/mol. The van der Waals surface area contributed by atoms with Crippen LogP contribution >= 0.6 is 0 Å². The van der Waals surface area contributed by atoms with Crippen LogP contribution in [0.1, 0.15) is 24.4 Å². The number of rotatable bonds is 7. The molecule has 154 valence electrons. The first-order chi connectivity index (χ1) is 13.9. The zero-order chi connectivity index (χ0) is 20.6. The number of nitrogens with one attached hydrogen (secondary N) is 1. The highest BCUT2D eigenvalue weighted by Crippen LogP contribution is 2.36. The minimum Gasteiger partial charge on any atom is -0.495 e. The molecule has 1 N–H and O–H groups in total. The van der Waals surface area contributed by atoms with Crippen LogP contribution in [0.2, 0.25) is 0 Å². The maximum atomic E-state index is 15.0. The fraction of sp³-hybridized carbons (Fsp3) is 0.389. The van der Waals surface area contributed by atoms with E-state index in [9.17, 15) is 17.2 Å². The van der Waals surface area contributed by atoms with Crippen molar-refractivity contribution in [1.82, 2.24) is 4.98 Å². The van der Waals surface area contributed by atoms with Gasteiger partial charge in [0.15, 0.2) is 11.6 Å². The predicted octanol–water partition coefficient (Wildman–Crippen LogP) is 3.45. The molecule has 11 heteroatoms. The Hall–Kier alpha value is -2.82. The summed E-state index contributed by atoms with van der Waals surface area (Å²) in [5.41, 5.74) is -0.0971. The lowest BCUT2D eigenvalue weighted by molar-refractivity contribution is 0.412. The average molecular weight is 423 g/mol. The largest absolute Gasteiger partial charge is 0.495 e. The molecule has 0 amide bonds. The van der Waals surface area contributed by atoms with Gasteiger partial charge in [-0.1, -0.05) is 5.22 Å². The molecular formula is C18H19F2N5O3S. The van der Waals surface area contributed by atoms with E-state index in [1.54, 1.807) is 12.3 Å². The van der Waals surface area contributed by atoms with Crippen LogP contribution in [-0.2, 0) is 10.0 Å². The van der Waals surface area contributed by atoms with Gasteiger partial charge in [0.2, 0.25) is 10.0 Å². The van der Waals surface area contributed by atoms with Crippen molar-refractivity contribution in [3.05, 3.63) is 47.8 Å². The van der Waals surface area contributed by atoms with Gasteiger partial charge in [-0.05, 0) is 37.0 Å². The van der Waals surface area contributed by atoms with Crippen molar-refractivity contribution in [3.8, 4) is 5.75 Å². The van der Waals surface area contributed by atoms with E-state index in [-0.39, 0.29) is 23.9 Å². The summed E-state index contributed by atoms with van der Waals surface area (Å²) < 4.78 is 61.0. The minimum atomic E-state index is -3.72. The molecule has 0 saturated heterocycles. The van der Waals surface area contributed by atoms with Crippen LogP contribution in [0.25, 0.3) is 0 Å². The molecule has 1 fully saturated rings. The molecule has 1 atom stereocenters. The lowest BCUT2D eigenvalue weighted by atomic mass is 10.1. The maximum absolute atomic E-state index is 15.0. The normalized spacial score (nSPS) is 18.9. The molecule has 2 aromatic rings. The Kier molecular flexibility index (Phi) is 5.07. The van der Waals surface area contributed by atoms with Crippen LogP contribution in [0.3, 0.4) is 0 Å². The summed E-state index contributed by atoms with van der Waals surface area (Å²) in [6.07, 6.45) is 4.79. The average Bonchev–Trinajstić information content (AvgIpc) is 3.36. The number of hydrogen-bond donors (Lipinski definition) is 1. The van der Waals surface area contributed by atoms with Crippen LogP contribution < -0.4 is 14.5 Å². The molecule has 29 heavy (non-hydrogen) atoms. The number of halogens is 2. The zero-order valence-electron chi connectivity index (χ0n) is 15.5. The molecule has 1 aliphatic heterocycles. The van der Waals surface area contributed by atoms with Gasteiger partial charge in [-0.2, -0.15) is 5.11 Å². The summed E-state index contributed by atoms with van der Waals surface area (Å²) in [7, 11) is -2.21. The van der Waals surface area contributed by atoms with Gasteiger partial charge < -0.3 is 4.74 Å². The number of nitrogens with zero attached hydrogens (tertiary/aromatic N) is 4. The van der Waals surface area contributed by atoms with E-state index in [1.165, 1.54) is 13.3 Å². The molecule has 4 rings (SSSR count). The van der Waals surface area contributed by atoms with Crippen LogP contribution in [0.4, 0.5) is 20.2 Å². The number of hydrogen-bond acceptors (Lipinski definition) is 7. The molecule has 0 spiro atoms. The number of anilines is 2. The highest BCUT2D eigenvalue weighted by Gasteiger charge is 2.31. The van der Waals surface area contributed by atoms with Crippen LogP contribution in [0, 0.1) is 17.6 Å². The Labute approximate surface area is 166 Å². The van der Waals surface area contributed by atoms with E-state index >= 15 is 0 Å². The molecule has 8 nitrogen and oxygen atoms in total. The van der Waals surface area contributed by atoms with Crippen molar-refractivity contribution in [2.24, 2.45) is 16.3 Å². The van der Waals surface area contributed by atoms with Gasteiger partial charge in [0.05, 0.1) is 31.3 Å². The summed E-state index contributed by atoms with van der Waals surface area (Å²) in [5, 5.41) is 9.00. The van der Waals surface area contributed by atoms with Gasteiger partial charge in [0.1, 0.15) is 17.5 Å². The third-order valence-electron chi connectivity index (χ3n) is 4.74. The van der Waals surface area contributed by atoms with E-state index < -0.39 is 33.4 Å². The van der Waals surface area contributed by atoms with Crippen LogP contribution in [0.15, 0.2) is 40.9 Å². The van der Waals surface area contributed by atoms with Crippen molar-refractivity contribution in [2.45, 2.75) is 18.9 Å². The summed E-state index contributed by atoms with van der Waals surface area (Å²) in [6, 6.07) is 3.29. The molecule has 0 radical (unpaired) electrons. The second kappa shape index (κ2) is 7.54. The number of pyridine rings is 1. The van der Waals surface area contributed by atoms with Crippen molar-refractivity contribution >= 4 is 21.4 Å². The topological polar surface area (TPSA) is 96.2 Å². The summed E-state index contributed by atoms with van der Waals surface area (Å²) >= 11 is 0. The monoisotopic (exact) mass is 423 g/mol. The number of sulfonamides is 1. The molecule has 1 unspecified atom stereocenters. The van der Waals surface area contributed by atoms with E-state index in [2.05, 4.69) is 20.0 Å².